The van der Waals surface area contributed by atoms with Gasteiger partial charge in [0, 0.05) is 0 Å². The SMILES string of the molecule is O=C(CC(O)OO)C(=O)OO. The Kier molecular flexibility index (Phi) is 4.30. The van der Waals surface area contributed by atoms with Crippen LogP contribution in [0.3, 0.4) is 0 Å². The summed E-state index contributed by atoms with van der Waals surface area (Å²) in [6.07, 6.45) is -2.57. The Labute approximate surface area is 60.6 Å². The van der Waals surface area contributed by atoms with Crippen LogP contribution < -0.4 is 0 Å². The number of aliphatic hydroxyl groups excluding tert-OH is 1. The van der Waals surface area contributed by atoms with Gasteiger partial charge < -0.3 is 5.11 Å². The van der Waals surface area contributed by atoms with Gasteiger partial charge in [0.05, 0.1) is 6.42 Å². The maximum absolute atomic E-state index is 10.4. The van der Waals surface area contributed by atoms with Crippen molar-refractivity contribution in [2.45, 2.75) is 12.7 Å². The Hall–Kier alpha value is -1.02. The predicted octanol–water partition coefficient (Wildman–Crippen LogP) is -1.23. The number of rotatable bonds is 4. The lowest BCUT2D eigenvalue weighted by Gasteiger charge is -2.01. The summed E-state index contributed by atoms with van der Waals surface area (Å²) in [4.78, 5) is 26.7. The maximum Gasteiger partial charge on any atom is 0.408 e. The number of hydrogen-bond donors (Lipinski definition) is 3. The minimum Gasteiger partial charge on any atom is -0.365 e. The average Bonchev–Trinajstić information content (AvgIpc) is 2.02. The normalized spacial score (nSPS) is 12.3. The topological polar surface area (TPSA) is 113 Å². The van der Waals surface area contributed by atoms with Crippen LogP contribution >= 0.6 is 0 Å². The second kappa shape index (κ2) is 4.74. The molecule has 0 saturated carbocycles. The lowest BCUT2D eigenvalue weighted by Crippen LogP contribution is -2.23. The number of aliphatic hydroxyl groups is 1. The van der Waals surface area contributed by atoms with Crippen molar-refractivity contribution in [1.82, 2.24) is 0 Å². The standard InChI is InChI=1S/C4H6O7/c5-2(4(7)11-9)1-3(6)10-8/h3,6,8-9H,1H2. The first kappa shape index (κ1) is 9.98. The van der Waals surface area contributed by atoms with Crippen molar-refractivity contribution in [3.05, 3.63) is 0 Å². The van der Waals surface area contributed by atoms with E-state index in [1.165, 1.54) is 0 Å². The summed E-state index contributed by atoms with van der Waals surface area (Å²) in [6.45, 7) is 0. The number of ketones is 1. The van der Waals surface area contributed by atoms with E-state index >= 15 is 0 Å². The predicted molar refractivity (Wildman–Crippen MR) is 28.1 cm³/mol. The Morgan fingerprint density at radius 2 is 1.91 bits per heavy atom. The third-order valence-corrected chi connectivity index (χ3v) is 0.792. The van der Waals surface area contributed by atoms with E-state index in [2.05, 4.69) is 9.78 Å². The molecule has 0 aromatic heterocycles. The lowest BCUT2D eigenvalue weighted by molar-refractivity contribution is -0.333. The minimum absolute atomic E-state index is 0.782. The highest BCUT2D eigenvalue weighted by Crippen LogP contribution is 1.94. The Morgan fingerprint density at radius 1 is 1.36 bits per heavy atom. The molecule has 0 bridgehead atoms. The fourth-order valence-corrected chi connectivity index (χ4v) is 0.330. The van der Waals surface area contributed by atoms with Gasteiger partial charge in [0.15, 0.2) is 6.29 Å². The molecule has 0 spiro atoms. The van der Waals surface area contributed by atoms with Crippen molar-refractivity contribution in [1.29, 1.82) is 0 Å². The van der Waals surface area contributed by atoms with Crippen molar-refractivity contribution in [2.24, 2.45) is 0 Å². The molecule has 0 radical (unpaired) electrons. The zero-order valence-electron chi connectivity index (χ0n) is 5.26. The summed E-state index contributed by atoms with van der Waals surface area (Å²) in [5, 5.41) is 23.7. The molecule has 0 aliphatic heterocycles. The van der Waals surface area contributed by atoms with Crippen molar-refractivity contribution < 1.29 is 35.0 Å². The Bertz CT molecular complexity index is 153. The van der Waals surface area contributed by atoms with E-state index in [1.54, 1.807) is 0 Å². The van der Waals surface area contributed by atoms with Crippen molar-refractivity contribution in [2.75, 3.05) is 0 Å². The van der Waals surface area contributed by atoms with Crippen LogP contribution in [0.4, 0.5) is 0 Å². The first-order valence-corrected chi connectivity index (χ1v) is 2.48. The highest BCUT2D eigenvalue weighted by molar-refractivity contribution is 6.33. The molecule has 0 aliphatic rings. The van der Waals surface area contributed by atoms with Crippen LogP contribution in [-0.2, 0) is 19.4 Å². The highest BCUT2D eigenvalue weighted by Gasteiger charge is 2.20. The van der Waals surface area contributed by atoms with Gasteiger partial charge in [-0.3, -0.25) is 9.68 Å². The summed E-state index contributed by atoms with van der Waals surface area (Å²) in [5.41, 5.74) is 0. The molecule has 0 aromatic carbocycles. The summed E-state index contributed by atoms with van der Waals surface area (Å²) >= 11 is 0. The van der Waals surface area contributed by atoms with Gasteiger partial charge in [0.1, 0.15) is 0 Å². The van der Waals surface area contributed by atoms with Crippen LogP contribution in [0.15, 0.2) is 0 Å². The van der Waals surface area contributed by atoms with E-state index in [0.29, 0.717) is 0 Å². The smallest absolute Gasteiger partial charge is 0.365 e. The zero-order chi connectivity index (χ0) is 8.85. The summed E-state index contributed by atoms with van der Waals surface area (Å²) in [5.74, 6) is -2.74. The van der Waals surface area contributed by atoms with Crippen LogP contribution in [0, 0.1) is 0 Å². The molecule has 0 saturated heterocycles. The lowest BCUT2D eigenvalue weighted by atomic mass is 10.3. The van der Waals surface area contributed by atoms with Gasteiger partial charge in [-0.1, -0.05) is 0 Å². The third kappa shape index (κ3) is 3.63. The largest absolute Gasteiger partial charge is 0.408 e. The summed E-state index contributed by atoms with van der Waals surface area (Å²) < 4.78 is 0. The van der Waals surface area contributed by atoms with Crippen molar-refractivity contribution >= 4 is 11.8 Å². The molecule has 0 aromatic rings. The van der Waals surface area contributed by atoms with Crippen molar-refractivity contribution in [3.8, 4) is 0 Å². The van der Waals surface area contributed by atoms with Crippen molar-refractivity contribution in [3.63, 3.8) is 0 Å². The quantitative estimate of drug-likeness (QED) is 0.207. The fraction of sp³-hybridized carbons (Fsp3) is 0.500. The Balaban J connectivity index is 3.77. The summed E-state index contributed by atoms with van der Waals surface area (Å²) in [6, 6.07) is 0. The van der Waals surface area contributed by atoms with Gasteiger partial charge in [-0.2, -0.15) is 5.26 Å². The van der Waals surface area contributed by atoms with Crippen LogP contribution in [0.1, 0.15) is 6.42 Å². The fourth-order valence-electron chi connectivity index (χ4n) is 0.330. The minimum atomic E-state index is -1.79. The average molecular weight is 166 g/mol. The van der Waals surface area contributed by atoms with Gasteiger partial charge in [-0.25, -0.2) is 14.9 Å². The van der Waals surface area contributed by atoms with Gasteiger partial charge >= 0.3 is 5.97 Å². The second-order valence-corrected chi connectivity index (χ2v) is 1.57. The van der Waals surface area contributed by atoms with Crippen LogP contribution in [-0.4, -0.2) is 33.7 Å². The number of hydrogen-bond acceptors (Lipinski definition) is 7. The van der Waals surface area contributed by atoms with E-state index in [9.17, 15) is 9.59 Å². The number of carbonyl (C=O) groups is 2. The van der Waals surface area contributed by atoms with Gasteiger partial charge in [-0.05, 0) is 0 Å². The maximum atomic E-state index is 10.4. The molecule has 0 rings (SSSR count). The molecule has 0 heterocycles. The van der Waals surface area contributed by atoms with E-state index in [1.807, 2.05) is 0 Å². The van der Waals surface area contributed by atoms with Crippen LogP contribution in [0.5, 0.6) is 0 Å². The molecule has 0 amide bonds. The van der Waals surface area contributed by atoms with Crippen LogP contribution in [0.25, 0.3) is 0 Å². The third-order valence-electron chi connectivity index (χ3n) is 0.792. The number of Topliss-reactive ketones (excluding diaryl/α,β-unsaturated/α-hetero) is 1. The molecular weight excluding hydrogens is 160 g/mol. The molecule has 0 aliphatic carbocycles. The molecule has 1 unspecified atom stereocenters. The second-order valence-electron chi connectivity index (χ2n) is 1.57. The highest BCUT2D eigenvalue weighted by atomic mass is 17.1. The zero-order valence-corrected chi connectivity index (χ0v) is 5.26. The molecule has 1 atom stereocenters. The van der Waals surface area contributed by atoms with Gasteiger partial charge in [0.2, 0.25) is 5.78 Å². The van der Waals surface area contributed by atoms with Gasteiger partial charge in [-0.15, -0.1) is 0 Å². The molecule has 0 fully saturated rings. The molecule has 7 heteroatoms. The summed E-state index contributed by atoms with van der Waals surface area (Å²) in [7, 11) is 0. The molecule has 64 valence electrons. The van der Waals surface area contributed by atoms with E-state index in [-0.39, 0.29) is 0 Å². The Morgan fingerprint density at radius 3 is 2.27 bits per heavy atom. The first-order chi connectivity index (χ1) is 5.11. The molecule has 7 nitrogen and oxygen atoms in total. The number of carbonyl (C=O) groups excluding carboxylic acids is 2. The van der Waals surface area contributed by atoms with E-state index in [4.69, 9.17) is 15.6 Å². The van der Waals surface area contributed by atoms with Gasteiger partial charge in [0.25, 0.3) is 0 Å². The molecule has 3 N–H and O–H groups in total. The van der Waals surface area contributed by atoms with Crippen LogP contribution in [0.2, 0.25) is 0 Å². The molecular formula is C4H6O7. The first-order valence-electron chi connectivity index (χ1n) is 2.48. The van der Waals surface area contributed by atoms with E-state index in [0.717, 1.165) is 0 Å². The monoisotopic (exact) mass is 166 g/mol. The molecule has 11 heavy (non-hydrogen) atoms. The van der Waals surface area contributed by atoms with E-state index < -0.39 is 24.5 Å².